The van der Waals surface area contributed by atoms with Crippen molar-refractivity contribution in [3.05, 3.63) is 23.8 Å². The van der Waals surface area contributed by atoms with E-state index in [2.05, 4.69) is 5.32 Å². The molecule has 1 aromatic carbocycles. The third-order valence-corrected chi connectivity index (χ3v) is 2.64. The number of fused-ring (bicyclic) bond motifs is 1. The SMILES string of the molecule is CCNC(=O)COc1cc2c(cc1C=CC(=O)O)OCO2. The molecule has 1 amide bonds. The lowest BCUT2D eigenvalue weighted by Gasteiger charge is -2.10. The summed E-state index contributed by atoms with van der Waals surface area (Å²) in [6.07, 6.45) is 2.36. The summed E-state index contributed by atoms with van der Waals surface area (Å²) in [6, 6.07) is 3.18. The number of aliphatic carboxylic acids is 1. The Kier molecular flexibility index (Phi) is 4.65. The van der Waals surface area contributed by atoms with E-state index in [0.717, 1.165) is 6.08 Å². The predicted molar refractivity (Wildman–Crippen MR) is 73.4 cm³/mol. The minimum Gasteiger partial charge on any atom is -0.483 e. The third kappa shape index (κ3) is 3.88. The van der Waals surface area contributed by atoms with Crippen LogP contribution in [0.3, 0.4) is 0 Å². The summed E-state index contributed by atoms with van der Waals surface area (Å²) in [5, 5.41) is 11.3. The lowest BCUT2D eigenvalue weighted by molar-refractivity contribution is -0.131. The molecule has 0 atom stereocenters. The molecular weight excluding hydrogens is 278 g/mol. The van der Waals surface area contributed by atoms with Crippen LogP contribution in [0, 0.1) is 0 Å². The molecule has 2 rings (SSSR count). The normalized spacial score (nSPS) is 12.4. The van der Waals surface area contributed by atoms with E-state index < -0.39 is 5.97 Å². The van der Waals surface area contributed by atoms with Crippen LogP contribution < -0.4 is 19.5 Å². The van der Waals surface area contributed by atoms with Crippen LogP contribution in [0.25, 0.3) is 6.08 Å². The van der Waals surface area contributed by atoms with E-state index in [1.54, 1.807) is 19.1 Å². The quantitative estimate of drug-likeness (QED) is 0.761. The maximum absolute atomic E-state index is 11.4. The first-order valence-corrected chi connectivity index (χ1v) is 6.34. The highest BCUT2D eigenvalue weighted by atomic mass is 16.7. The van der Waals surface area contributed by atoms with E-state index in [1.165, 1.54) is 6.08 Å². The Morgan fingerprint density at radius 3 is 2.76 bits per heavy atom. The van der Waals surface area contributed by atoms with Gasteiger partial charge in [-0.05, 0) is 19.1 Å². The molecule has 0 bridgehead atoms. The van der Waals surface area contributed by atoms with Gasteiger partial charge in [0.25, 0.3) is 5.91 Å². The minimum atomic E-state index is -1.08. The molecule has 0 aliphatic carbocycles. The van der Waals surface area contributed by atoms with Crippen molar-refractivity contribution in [2.45, 2.75) is 6.92 Å². The van der Waals surface area contributed by atoms with Crippen molar-refractivity contribution in [3.63, 3.8) is 0 Å². The fourth-order valence-electron chi connectivity index (χ4n) is 1.75. The fraction of sp³-hybridized carbons (Fsp3) is 0.286. The van der Waals surface area contributed by atoms with E-state index in [9.17, 15) is 9.59 Å². The molecule has 0 fully saturated rings. The van der Waals surface area contributed by atoms with Gasteiger partial charge < -0.3 is 24.6 Å². The average molecular weight is 293 g/mol. The zero-order valence-electron chi connectivity index (χ0n) is 11.4. The lowest BCUT2D eigenvalue weighted by atomic mass is 10.1. The van der Waals surface area contributed by atoms with Crippen molar-refractivity contribution in [1.82, 2.24) is 5.32 Å². The van der Waals surface area contributed by atoms with E-state index in [4.69, 9.17) is 19.3 Å². The molecule has 1 heterocycles. The molecule has 1 aromatic rings. The number of hydrogen-bond acceptors (Lipinski definition) is 5. The number of ether oxygens (including phenoxy) is 3. The number of carboxylic acid groups (broad SMARTS) is 1. The summed E-state index contributed by atoms with van der Waals surface area (Å²) in [6.45, 7) is 2.24. The topological polar surface area (TPSA) is 94.1 Å². The average Bonchev–Trinajstić information content (AvgIpc) is 2.89. The van der Waals surface area contributed by atoms with Gasteiger partial charge in [-0.3, -0.25) is 4.79 Å². The number of likely N-dealkylation sites (N-methyl/N-ethyl adjacent to an activating group) is 1. The predicted octanol–water partition coefficient (Wildman–Crippen LogP) is 1.03. The van der Waals surface area contributed by atoms with Crippen molar-refractivity contribution in [1.29, 1.82) is 0 Å². The molecule has 7 nitrogen and oxygen atoms in total. The molecule has 0 aromatic heterocycles. The van der Waals surface area contributed by atoms with Crippen LogP contribution in [0.4, 0.5) is 0 Å². The fourth-order valence-corrected chi connectivity index (χ4v) is 1.75. The Hall–Kier alpha value is -2.70. The third-order valence-electron chi connectivity index (χ3n) is 2.64. The first-order chi connectivity index (χ1) is 10.1. The van der Waals surface area contributed by atoms with Crippen molar-refractivity contribution in [3.8, 4) is 17.2 Å². The molecule has 0 spiro atoms. The maximum atomic E-state index is 11.4. The van der Waals surface area contributed by atoms with Crippen LogP contribution in [-0.2, 0) is 9.59 Å². The molecule has 0 saturated carbocycles. The first kappa shape index (κ1) is 14.7. The van der Waals surface area contributed by atoms with Crippen LogP contribution in [0.15, 0.2) is 18.2 Å². The maximum Gasteiger partial charge on any atom is 0.328 e. The smallest absolute Gasteiger partial charge is 0.328 e. The molecule has 0 unspecified atom stereocenters. The van der Waals surface area contributed by atoms with E-state index >= 15 is 0 Å². The van der Waals surface area contributed by atoms with Crippen molar-refractivity contribution < 1.29 is 28.9 Å². The summed E-state index contributed by atoms with van der Waals surface area (Å²) in [7, 11) is 0. The number of carbonyl (C=O) groups excluding carboxylic acids is 1. The molecular formula is C14H15NO6. The highest BCUT2D eigenvalue weighted by Gasteiger charge is 2.17. The Balaban J connectivity index is 2.20. The zero-order valence-corrected chi connectivity index (χ0v) is 11.4. The highest BCUT2D eigenvalue weighted by Crippen LogP contribution is 2.38. The number of carbonyl (C=O) groups is 2. The first-order valence-electron chi connectivity index (χ1n) is 6.34. The second-order valence-corrected chi connectivity index (χ2v) is 4.16. The van der Waals surface area contributed by atoms with Gasteiger partial charge in [0.1, 0.15) is 5.75 Å². The van der Waals surface area contributed by atoms with Crippen LogP contribution in [0.5, 0.6) is 17.2 Å². The van der Waals surface area contributed by atoms with Gasteiger partial charge in [0, 0.05) is 24.3 Å². The summed E-state index contributed by atoms with van der Waals surface area (Å²) in [5.74, 6) is 0.00690. The van der Waals surface area contributed by atoms with Gasteiger partial charge in [-0.2, -0.15) is 0 Å². The molecule has 0 radical (unpaired) electrons. The van der Waals surface area contributed by atoms with E-state index in [-0.39, 0.29) is 19.3 Å². The number of hydrogen-bond donors (Lipinski definition) is 2. The van der Waals surface area contributed by atoms with Crippen molar-refractivity contribution in [2.24, 2.45) is 0 Å². The van der Waals surface area contributed by atoms with Crippen LogP contribution >= 0.6 is 0 Å². The summed E-state index contributed by atoms with van der Waals surface area (Å²) < 4.78 is 15.9. The van der Waals surface area contributed by atoms with Gasteiger partial charge in [0.05, 0.1) is 0 Å². The van der Waals surface area contributed by atoms with Crippen LogP contribution in [-0.4, -0.2) is 36.9 Å². The lowest BCUT2D eigenvalue weighted by Crippen LogP contribution is -2.28. The Labute approximate surface area is 121 Å². The van der Waals surface area contributed by atoms with Crippen LogP contribution in [0.1, 0.15) is 12.5 Å². The molecule has 1 aliphatic heterocycles. The monoisotopic (exact) mass is 293 g/mol. The van der Waals surface area contributed by atoms with Gasteiger partial charge in [-0.1, -0.05) is 0 Å². The summed E-state index contributed by atoms with van der Waals surface area (Å²) >= 11 is 0. The van der Waals surface area contributed by atoms with E-state index in [1.807, 2.05) is 0 Å². The second-order valence-electron chi connectivity index (χ2n) is 4.16. The standard InChI is InChI=1S/C14H15NO6/c1-2-15-13(16)7-19-10-6-12-11(20-8-21-12)5-9(10)3-4-14(17)18/h3-6H,2,7-8H2,1H3,(H,15,16)(H,17,18). The van der Waals surface area contributed by atoms with Crippen molar-refractivity contribution in [2.75, 3.05) is 19.9 Å². The zero-order chi connectivity index (χ0) is 15.2. The molecule has 2 N–H and O–H groups in total. The summed E-state index contributed by atoms with van der Waals surface area (Å²) in [4.78, 5) is 22.0. The number of carboxylic acids is 1. The molecule has 1 aliphatic rings. The highest BCUT2D eigenvalue weighted by molar-refractivity contribution is 5.86. The minimum absolute atomic E-state index is 0.0944. The molecule has 21 heavy (non-hydrogen) atoms. The van der Waals surface area contributed by atoms with Crippen molar-refractivity contribution >= 4 is 18.0 Å². The number of benzene rings is 1. The van der Waals surface area contributed by atoms with E-state index in [0.29, 0.717) is 29.4 Å². The molecule has 112 valence electrons. The largest absolute Gasteiger partial charge is 0.483 e. The number of nitrogens with one attached hydrogen (secondary N) is 1. The van der Waals surface area contributed by atoms with Crippen LogP contribution in [0.2, 0.25) is 0 Å². The Morgan fingerprint density at radius 1 is 1.38 bits per heavy atom. The van der Waals surface area contributed by atoms with Gasteiger partial charge in [-0.25, -0.2) is 4.79 Å². The van der Waals surface area contributed by atoms with Gasteiger partial charge >= 0.3 is 5.97 Å². The summed E-state index contributed by atoms with van der Waals surface area (Å²) in [5.41, 5.74) is 0.492. The Bertz CT molecular complexity index is 581. The second kappa shape index (κ2) is 6.65. The van der Waals surface area contributed by atoms with Gasteiger partial charge in [0.15, 0.2) is 18.1 Å². The number of amides is 1. The number of rotatable bonds is 6. The molecule has 0 saturated heterocycles. The van der Waals surface area contributed by atoms with Gasteiger partial charge in [0.2, 0.25) is 6.79 Å². The molecule has 7 heteroatoms. The Morgan fingerprint density at radius 2 is 2.10 bits per heavy atom. The van der Waals surface area contributed by atoms with Gasteiger partial charge in [-0.15, -0.1) is 0 Å².